The van der Waals surface area contributed by atoms with Crippen LogP contribution in [0.25, 0.3) is 16.7 Å². The Balaban J connectivity index is 2.06. The molecule has 0 spiro atoms. The van der Waals surface area contributed by atoms with Gasteiger partial charge in [-0.1, -0.05) is 29.8 Å². The fourth-order valence-corrected chi connectivity index (χ4v) is 2.34. The van der Waals surface area contributed by atoms with E-state index >= 15 is 0 Å². The third-order valence-corrected chi connectivity index (χ3v) is 3.23. The summed E-state index contributed by atoms with van der Waals surface area (Å²) in [6.07, 6.45) is 9.83. The maximum absolute atomic E-state index is 6.23. The van der Waals surface area contributed by atoms with Gasteiger partial charge in [-0.15, -0.1) is 0 Å². The Morgan fingerprint density at radius 3 is 2.74 bits per heavy atom. The highest BCUT2D eigenvalue weighted by molar-refractivity contribution is 6.31. The highest BCUT2D eigenvalue weighted by Gasteiger charge is 2.06. The zero-order valence-electron chi connectivity index (χ0n) is 10.3. The monoisotopic (exact) mass is 268 g/mol. The van der Waals surface area contributed by atoms with E-state index in [1.807, 2.05) is 36.7 Å². The smallest absolute Gasteiger partial charge is 0.0418 e. The van der Waals surface area contributed by atoms with E-state index in [1.54, 1.807) is 6.20 Å². The van der Waals surface area contributed by atoms with Crippen molar-refractivity contribution in [1.82, 2.24) is 10.3 Å². The maximum Gasteiger partial charge on any atom is 0.0418 e. The van der Waals surface area contributed by atoms with Gasteiger partial charge in [0.25, 0.3) is 0 Å². The summed E-state index contributed by atoms with van der Waals surface area (Å²) in [4.78, 5) is 4.15. The molecule has 1 aliphatic rings. The van der Waals surface area contributed by atoms with Crippen LogP contribution < -0.4 is 5.32 Å². The lowest BCUT2D eigenvalue weighted by molar-refractivity contribution is 0.976. The number of hydrogen-bond donors (Lipinski definition) is 1. The van der Waals surface area contributed by atoms with Crippen molar-refractivity contribution in [3.63, 3.8) is 0 Å². The Kier molecular flexibility index (Phi) is 3.34. The van der Waals surface area contributed by atoms with Crippen molar-refractivity contribution < 1.29 is 0 Å². The van der Waals surface area contributed by atoms with Gasteiger partial charge in [0, 0.05) is 35.7 Å². The molecular weight excluding hydrogens is 256 g/mol. The van der Waals surface area contributed by atoms with Crippen LogP contribution in [-0.4, -0.2) is 11.5 Å². The predicted octanol–water partition coefficient (Wildman–Crippen LogP) is 3.90. The molecule has 1 aliphatic heterocycles. The normalized spacial score (nSPS) is 13.8. The van der Waals surface area contributed by atoms with E-state index in [1.165, 1.54) is 0 Å². The zero-order valence-corrected chi connectivity index (χ0v) is 11.1. The number of benzene rings is 1. The summed E-state index contributed by atoms with van der Waals surface area (Å²) >= 11 is 6.23. The fraction of sp³-hybridized carbons (Fsp3) is 0.0625. The van der Waals surface area contributed by atoms with Crippen LogP contribution in [0.4, 0.5) is 0 Å². The summed E-state index contributed by atoms with van der Waals surface area (Å²) in [5.41, 5.74) is 4.39. The van der Waals surface area contributed by atoms with Gasteiger partial charge in [-0.25, -0.2) is 0 Å². The molecule has 2 nitrogen and oxygen atoms in total. The van der Waals surface area contributed by atoms with Gasteiger partial charge in [-0.05, 0) is 41.0 Å². The molecule has 1 aromatic heterocycles. The largest absolute Gasteiger partial charge is 0.387 e. The number of aromatic nitrogens is 1. The summed E-state index contributed by atoms with van der Waals surface area (Å²) in [6.45, 7) is 0.875. The molecule has 94 valence electrons. The molecule has 0 saturated heterocycles. The molecule has 3 heteroatoms. The van der Waals surface area contributed by atoms with Crippen LogP contribution in [0, 0.1) is 0 Å². The zero-order chi connectivity index (χ0) is 13.1. The predicted molar refractivity (Wildman–Crippen MR) is 79.8 cm³/mol. The number of nitrogens with one attached hydrogen (secondary N) is 1. The lowest BCUT2D eigenvalue weighted by Crippen LogP contribution is -2.08. The van der Waals surface area contributed by atoms with Crippen LogP contribution in [-0.2, 0) is 0 Å². The van der Waals surface area contributed by atoms with E-state index in [2.05, 4.69) is 28.5 Å². The molecule has 0 fully saturated rings. The molecule has 0 saturated carbocycles. The van der Waals surface area contributed by atoms with Gasteiger partial charge in [0.05, 0.1) is 0 Å². The van der Waals surface area contributed by atoms with Gasteiger partial charge < -0.3 is 5.32 Å². The first-order valence-electron chi connectivity index (χ1n) is 6.14. The van der Waals surface area contributed by atoms with Crippen molar-refractivity contribution in [2.24, 2.45) is 0 Å². The molecule has 1 aromatic carbocycles. The van der Waals surface area contributed by atoms with Crippen LogP contribution in [0.15, 0.2) is 61.1 Å². The van der Waals surface area contributed by atoms with E-state index in [9.17, 15) is 0 Å². The summed E-state index contributed by atoms with van der Waals surface area (Å²) in [6, 6.07) is 10.0. The highest BCUT2D eigenvalue weighted by atomic mass is 35.5. The standard InChI is InChI=1S/C16H13ClN2/c17-16-8-14(12-3-1-5-18-10-12)7-15(9-16)13-4-2-6-19-11-13/h1-5,7-11,19H,6H2. The number of pyridine rings is 1. The van der Waals surface area contributed by atoms with Crippen molar-refractivity contribution in [2.75, 3.05) is 6.54 Å². The van der Waals surface area contributed by atoms with Gasteiger partial charge in [-0.2, -0.15) is 0 Å². The second kappa shape index (κ2) is 5.29. The topological polar surface area (TPSA) is 24.9 Å². The Bertz CT molecular complexity index is 645. The van der Waals surface area contributed by atoms with Gasteiger partial charge in [0.15, 0.2) is 0 Å². The molecule has 2 aromatic rings. The Morgan fingerprint density at radius 1 is 1.11 bits per heavy atom. The van der Waals surface area contributed by atoms with Crippen molar-refractivity contribution in [3.8, 4) is 11.1 Å². The molecule has 1 N–H and O–H groups in total. The lowest BCUT2D eigenvalue weighted by Gasteiger charge is -2.11. The second-order valence-electron chi connectivity index (χ2n) is 4.38. The second-order valence-corrected chi connectivity index (χ2v) is 4.82. The number of halogens is 1. The lowest BCUT2D eigenvalue weighted by atomic mass is 9.99. The van der Waals surface area contributed by atoms with Gasteiger partial charge in [0.1, 0.15) is 0 Å². The molecule has 0 amide bonds. The minimum absolute atomic E-state index is 0.733. The Hall–Kier alpha value is -2.06. The minimum Gasteiger partial charge on any atom is -0.387 e. The minimum atomic E-state index is 0.733. The van der Waals surface area contributed by atoms with E-state index < -0.39 is 0 Å². The van der Waals surface area contributed by atoms with Crippen molar-refractivity contribution in [1.29, 1.82) is 0 Å². The van der Waals surface area contributed by atoms with Crippen LogP contribution in [0.1, 0.15) is 5.56 Å². The van der Waals surface area contributed by atoms with E-state index in [-0.39, 0.29) is 0 Å². The molecule has 3 rings (SSSR count). The number of hydrogen-bond acceptors (Lipinski definition) is 2. The average molecular weight is 269 g/mol. The maximum atomic E-state index is 6.23. The summed E-state index contributed by atoms with van der Waals surface area (Å²) in [5, 5.41) is 3.94. The van der Waals surface area contributed by atoms with E-state index in [0.29, 0.717) is 0 Å². The average Bonchev–Trinajstić information content (AvgIpc) is 2.48. The highest BCUT2D eigenvalue weighted by Crippen LogP contribution is 2.28. The van der Waals surface area contributed by atoms with Gasteiger partial charge in [0.2, 0.25) is 0 Å². The molecule has 0 unspecified atom stereocenters. The molecule has 19 heavy (non-hydrogen) atoms. The van der Waals surface area contributed by atoms with Crippen molar-refractivity contribution in [2.45, 2.75) is 0 Å². The first-order chi connectivity index (χ1) is 9.33. The van der Waals surface area contributed by atoms with Crippen molar-refractivity contribution in [3.05, 3.63) is 71.7 Å². The molecule has 0 atom stereocenters. The van der Waals surface area contributed by atoms with Gasteiger partial charge >= 0.3 is 0 Å². The molecule has 2 heterocycles. The number of nitrogens with zero attached hydrogens (tertiary/aromatic N) is 1. The van der Waals surface area contributed by atoms with Crippen LogP contribution >= 0.6 is 11.6 Å². The van der Waals surface area contributed by atoms with E-state index in [4.69, 9.17) is 11.6 Å². The summed E-state index contributed by atoms with van der Waals surface area (Å²) < 4.78 is 0. The van der Waals surface area contributed by atoms with Gasteiger partial charge in [-0.3, -0.25) is 4.98 Å². The molecule has 0 bridgehead atoms. The number of rotatable bonds is 2. The quantitative estimate of drug-likeness (QED) is 0.893. The molecular formula is C16H13ClN2. The summed E-state index contributed by atoms with van der Waals surface area (Å²) in [7, 11) is 0. The van der Waals surface area contributed by atoms with Crippen LogP contribution in [0.3, 0.4) is 0 Å². The third kappa shape index (κ3) is 2.69. The number of allylic oxidation sites excluding steroid dienone is 2. The summed E-state index contributed by atoms with van der Waals surface area (Å²) in [5.74, 6) is 0. The first kappa shape index (κ1) is 12.0. The van der Waals surface area contributed by atoms with E-state index in [0.717, 1.165) is 33.8 Å². The molecule has 0 radical (unpaired) electrons. The third-order valence-electron chi connectivity index (χ3n) is 3.02. The Labute approximate surface area is 117 Å². The number of dihydropyridines is 1. The van der Waals surface area contributed by atoms with Crippen molar-refractivity contribution >= 4 is 17.2 Å². The fourth-order valence-electron chi connectivity index (χ4n) is 2.11. The molecule has 0 aliphatic carbocycles. The SMILES string of the molecule is Clc1cc(C2=CNCC=C2)cc(-c2cccnc2)c1. The van der Waals surface area contributed by atoms with Crippen LogP contribution in [0.2, 0.25) is 5.02 Å². The Morgan fingerprint density at radius 2 is 2.00 bits per heavy atom. The first-order valence-corrected chi connectivity index (χ1v) is 6.52. The van der Waals surface area contributed by atoms with Crippen LogP contribution in [0.5, 0.6) is 0 Å².